The lowest BCUT2D eigenvalue weighted by atomic mass is 9.91. The van der Waals surface area contributed by atoms with Crippen LogP contribution in [0.25, 0.3) is 11.1 Å². The number of hydrogen-bond donors (Lipinski definition) is 1. The molecule has 0 radical (unpaired) electrons. The monoisotopic (exact) mass is 676 g/mol. The summed E-state index contributed by atoms with van der Waals surface area (Å²) in [7, 11) is 1.79. The van der Waals surface area contributed by atoms with Crippen molar-refractivity contribution in [3.05, 3.63) is 105 Å². The Hall–Kier alpha value is -5.24. The molecule has 49 heavy (non-hydrogen) atoms. The number of carbonyl (C=O) groups excluding carboxylic acids is 2. The Labute approximate surface area is 281 Å². The minimum absolute atomic E-state index is 0.00708. The van der Waals surface area contributed by atoms with E-state index in [1.165, 1.54) is 23.1 Å². The average molecular weight is 677 g/mol. The lowest BCUT2D eigenvalue weighted by Gasteiger charge is -2.57. The summed E-state index contributed by atoms with van der Waals surface area (Å²) >= 11 is 0. The molecule has 0 atom stereocenters. The fourth-order valence-electron chi connectivity index (χ4n) is 6.89. The minimum Gasteiger partial charge on any atom is -0.482 e. The molecule has 1 N–H and O–H groups in total. The minimum atomic E-state index is -0.918. The van der Waals surface area contributed by atoms with Crippen LogP contribution in [0.1, 0.15) is 54.0 Å². The van der Waals surface area contributed by atoms with Gasteiger partial charge in [0.1, 0.15) is 23.9 Å². The molecule has 0 saturated carbocycles. The molecule has 1 fully saturated rings. The molecule has 1 spiro atoms. The third kappa shape index (κ3) is 6.01. The number of halogens is 2. The molecule has 0 aliphatic carbocycles. The van der Waals surface area contributed by atoms with Crippen LogP contribution in [-0.4, -0.2) is 80.3 Å². The van der Waals surface area contributed by atoms with Crippen molar-refractivity contribution in [1.82, 2.24) is 24.3 Å². The zero-order valence-electron chi connectivity index (χ0n) is 27.6. The van der Waals surface area contributed by atoms with Crippen molar-refractivity contribution in [2.75, 3.05) is 38.3 Å². The quantitative estimate of drug-likeness (QED) is 0.281. The third-order valence-corrected chi connectivity index (χ3v) is 9.31. The molecular formula is C35H38F2N6O6. The zero-order chi connectivity index (χ0) is 34.9. The van der Waals surface area contributed by atoms with E-state index in [2.05, 4.69) is 5.10 Å². The summed E-state index contributed by atoms with van der Waals surface area (Å²) in [5.41, 5.74) is -0.104. The van der Waals surface area contributed by atoms with Gasteiger partial charge in [0.2, 0.25) is 5.43 Å². The Balaban J connectivity index is 1.49. The second-order valence-electron chi connectivity index (χ2n) is 12.0. The first-order valence-electron chi connectivity index (χ1n) is 16.2. The Morgan fingerprint density at radius 1 is 1.06 bits per heavy atom. The van der Waals surface area contributed by atoms with Gasteiger partial charge in [-0.05, 0) is 25.5 Å². The second-order valence-corrected chi connectivity index (χ2v) is 12.0. The Kier molecular flexibility index (Phi) is 9.41. The van der Waals surface area contributed by atoms with Crippen molar-refractivity contribution in [3.8, 4) is 16.9 Å². The number of likely N-dealkylation sites (tertiary alicyclic amines) is 1. The fraction of sp³-hybridized carbons (Fsp3) is 0.371. The molecule has 2 aromatic heterocycles. The number of ether oxygens (including phenoxy) is 2. The van der Waals surface area contributed by atoms with Crippen LogP contribution < -0.4 is 15.2 Å². The Morgan fingerprint density at radius 3 is 2.45 bits per heavy atom. The van der Waals surface area contributed by atoms with Crippen molar-refractivity contribution in [2.24, 2.45) is 0 Å². The van der Waals surface area contributed by atoms with Crippen LogP contribution in [0.3, 0.4) is 0 Å². The van der Waals surface area contributed by atoms with Crippen molar-refractivity contribution >= 4 is 12.0 Å². The molecule has 2 aliphatic heterocycles. The maximum Gasteiger partial charge on any atom is 0.409 e. The van der Waals surface area contributed by atoms with Gasteiger partial charge in [0.05, 0.1) is 37.2 Å². The van der Waals surface area contributed by atoms with Crippen molar-refractivity contribution < 1.29 is 33.0 Å². The van der Waals surface area contributed by atoms with E-state index in [0.717, 1.165) is 17.7 Å². The zero-order valence-corrected chi connectivity index (χ0v) is 27.6. The molecule has 14 heteroatoms. The number of hydrogen-bond acceptors (Lipinski definition) is 8. The molecular weight excluding hydrogens is 638 g/mol. The number of rotatable bonds is 9. The predicted molar refractivity (Wildman–Crippen MR) is 175 cm³/mol. The number of benzene rings is 2. The van der Waals surface area contributed by atoms with Gasteiger partial charge in [-0.3, -0.25) is 19.3 Å². The lowest BCUT2D eigenvalue weighted by molar-refractivity contribution is -0.00191. The summed E-state index contributed by atoms with van der Waals surface area (Å²) in [5.74, 6) is -2.08. The van der Waals surface area contributed by atoms with E-state index < -0.39 is 41.3 Å². The van der Waals surface area contributed by atoms with E-state index in [9.17, 15) is 28.3 Å². The molecule has 2 aliphatic rings. The van der Waals surface area contributed by atoms with Crippen LogP contribution in [0, 0.1) is 11.6 Å². The first-order valence-corrected chi connectivity index (χ1v) is 16.2. The average Bonchev–Trinajstić information content (AvgIpc) is 3.56. The van der Waals surface area contributed by atoms with E-state index in [4.69, 9.17) is 9.47 Å². The highest BCUT2D eigenvalue weighted by molar-refractivity contribution is 5.98. The Morgan fingerprint density at radius 2 is 1.80 bits per heavy atom. The van der Waals surface area contributed by atoms with E-state index in [0.29, 0.717) is 38.0 Å². The predicted octanol–water partition coefficient (Wildman–Crippen LogP) is 4.10. The first kappa shape index (κ1) is 33.7. The second kappa shape index (κ2) is 13.7. The number of fused-ring (bicyclic) bond motifs is 1. The molecule has 2 aromatic carbocycles. The molecule has 12 nitrogen and oxygen atoms in total. The van der Waals surface area contributed by atoms with Gasteiger partial charge in [-0.1, -0.05) is 36.4 Å². The lowest BCUT2D eigenvalue weighted by Crippen LogP contribution is -2.72. The molecule has 0 bridgehead atoms. The number of aromatic nitrogens is 3. The van der Waals surface area contributed by atoms with Gasteiger partial charge in [0.15, 0.2) is 11.4 Å². The normalized spacial score (nSPS) is 15.5. The maximum absolute atomic E-state index is 14.5. The van der Waals surface area contributed by atoms with Gasteiger partial charge >= 0.3 is 6.09 Å². The van der Waals surface area contributed by atoms with Crippen LogP contribution in [0.4, 0.5) is 13.6 Å². The van der Waals surface area contributed by atoms with E-state index in [1.54, 1.807) is 28.4 Å². The van der Waals surface area contributed by atoms with Crippen LogP contribution in [0.15, 0.2) is 65.7 Å². The van der Waals surface area contributed by atoms with Gasteiger partial charge in [0, 0.05) is 62.9 Å². The van der Waals surface area contributed by atoms with Gasteiger partial charge in [0.25, 0.3) is 5.91 Å². The van der Waals surface area contributed by atoms with Crippen LogP contribution in [0.2, 0.25) is 0 Å². The third-order valence-electron chi connectivity index (χ3n) is 9.31. The number of aliphatic hydroxyl groups excluding tert-OH is 1. The topological polar surface area (TPSA) is 122 Å². The summed E-state index contributed by atoms with van der Waals surface area (Å²) < 4.78 is 42.4. The van der Waals surface area contributed by atoms with Crippen molar-refractivity contribution in [1.29, 1.82) is 0 Å². The molecule has 4 heterocycles. The molecule has 1 saturated heterocycles. The molecule has 0 unspecified atom stereocenters. The number of carbonyl (C=O) groups is 2. The number of piperidine rings is 1. The van der Waals surface area contributed by atoms with Gasteiger partial charge in [-0.25, -0.2) is 18.3 Å². The highest BCUT2D eigenvalue weighted by Crippen LogP contribution is 2.40. The summed E-state index contributed by atoms with van der Waals surface area (Å²) in [5, 5.41) is 17.1. The maximum atomic E-state index is 14.5. The Bertz CT molecular complexity index is 1920. The van der Waals surface area contributed by atoms with E-state index >= 15 is 0 Å². The SMILES string of the molecule is CCOC(=O)N1CCC2(CC1)N(CC)C(=O)c1c(OCc3ccccc3)c(=O)c(-c3cnn(Cc4ccc(F)cc4F)c3)c(CO)n1N2C. The number of aliphatic hydroxyl groups is 1. The number of amides is 2. The fourth-order valence-corrected chi connectivity index (χ4v) is 6.89. The summed E-state index contributed by atoms with van der Waals surface area (Å²) in [6, 6.07) is 12.5. The van der Waals surface area contributed by atoms with Crippen molar-refractivity contribution in [2.45, 2.75) is 52.1 Å². The highest BCUT2D eigenvalue weighted by Gasteiger charge is 2.52. The van der Waals surface area contributed by atoms with Gasteiger partial charge in [-0.15, -0.1) is 0 Å². The van der Waals surface area contributed by atoms with Gasteiger partial charge < -0.3 is 24.4 Å². The van der Waals surface area contributed by atoms with E-state index in [-0.39, 0.29) is 48.0 Å². The molecule has 4 aromatic rings. The van der Waals surface area contributed by atoms with E-state index in [1.807, 2.05) is 42.3 Å². The van der Waals surface area contributed by atoms with Crippen molar-refractivity contribution in [3.63, 3.8) is 0 Å². The van der Waals surface area contributed by atoms with Crippen LogP contribution in [0.5, 0.6) is 5.75 Å². The molecule has 258 valence electrons. The number of pyridine rings is 1. The first-order chi connectivity index (χ1) is 23.6. The highest BCUT2D eigenvalue weighted by atomic mass is 19.1. The largest absolute Gasteiger partial charge is 0.482 e. The van der Waals surface area contributed by atoms with Crippen LogP contribution >= 0.6 is 0 Å². The van der Waals surface area contributed by atoms with Crippen LogP contribution in [-0.2, 0) is 24.5 Å². The summed E-state index contributed by atoms with van der Waals surface area (Å²) in [4.78, 5) is 44.9. The molecule has 6 rings (SSSR count). The molecule has 2 amide bonds. The van der Waals surface area contributed by atoms with Gasteiger partial charge in [-0.2, -0.15) is 5.10 Å². The smallest absolute Gasteiger partial charge is 0.409 e. The number of nitrogens with zero attached hydrogens (tertiary/aromatic N) is 6. The summed E-state index contributed by atoms with van der Waals surface area (Å²) in [6.07, 6.45) is 3.26. The summed E-state index contributed by atoms with van der Waals surface area (Å²) in [6.45, 7) is 4.08. The standard InChI is InChI=1S/C35H38F2N6O6/c1-4-42-33(46)30-32(49-22-23-9-7-6-8-10-23)31(45)29(25-18-38-41(20-25)19-24-11-12-26(36)17-27(24)37)28(21-44)43(30)39(3)35(42)13-15-40(16-14-35)34(47)48-5-2/h6-12,17-18,20,44H,4-5,13-16,19,21-22H2,1-3H3.